The van der Waals surface area contributed by atoms with Crippen molar-refractivity contribution >= 4 is 23.3 Å². The van der Waals surface area contributed by atoms with Crippen LogP contribution in [0.25, 0.3) is 0 Å². The van der Waals surface area contributed by atoms with Crippen LogP contribution in [-0.2, 0) is 0 Å². The molecule has 5 heteroatoms. The van der Waals surface area contributed by atoms with Crippen molar-refractivity contribution in [1.29, 1.82) is 0 Å². The zero-order valence-corrected chi connectivity index (χ0v) is 12.0. The van der Waals surface area contributed by atoms with Gasteiger partial charge in [0.05, 0.1) is 5.02 Å². The lowest BCUT2D eigenvalue weighted by molar-refractivity contribution is 0.0944. The van der Waals surface area contributed by atoms with Crippen LogP contribution in [0.15, 0.2) is 12.1 Å². The summed E-state index contributed by atoms with van der Waals surface area (Å²) in [5.74, 6) is 1.27. The Bertz CT molecular complexity index is 446. The van der Waals surface area contributed by atoms with Gasteiger partial charge in [-0.05, 0) is 31.4 Å². The maximum atomic E-state index is 12.0. The van der Waals surface area contributed by atoms with Crippen LogP contribution in [0.5, 0.6) is 0 Å². The Labute approximate surface area is 118 Å². The van der Waals surface area contributed by atoms with E-state index in [9.17, 15) is 4.79 Å². The van der Waals surface area contributed by atoms with Gasteiger partial charge in [0.15, 0.2) is 0 Å². The minimum Gasteiger partial charge on any atom is -0.370 e. The van der Waals surface area contributed by atoms with E-state index < -0.39 is 0 Å². The van der Waals surface area contributed by atoms with Crippen LogP contribution in [0.1, 0.15) is 43.1 Å². The zero-order valence-electron chi connectivity index (χ0n) is 11.2. The Kier molecular flexibility index (Phi) is 5.02. The van der Waals surface area contributed by atoms with Crippen molar-refractivity contribution in [2.75, 3.05) is 18.4 Å². The lowest BCUT2D eigenvalue weighted by Gasteiger charge is -2.25. The van der Waals surface area contributed by atoms with Gasteiger partial charge in [-0.3, -0.25) is 4.79 Å². The van der Waals surface area contributed by atoms with Crippen LogP contribution in [0.3, 0.4) is 0 Å². The van der Waals surface area contributed by atoms with Crippen molar-refractivity contribution in [3.63, 3.8) is 0 Å². The van der Waals surface area contributed by atoms with Crippen LogP contribution in [-0.4, -0.2) is 24.0 Å². The average Bonchev–Trinajstić information content (AvgIpc) is 2.35. The molecular weight excluding hydrogens is 262 g/mol. The monoisotopic (exact) mass is 281 g/mol. The Morgan fingerprint density at radius 2 is 2.26 bits per heavy atom. The van der Waals surface area contributed by atoms with Crippen LogP contribution in [0, 0.1) is 5.92 Å². The Balaban J connectivity index is 1.90. The molecule has 0 atom stereocenters. The lowest BCUT2D eigenvalue weighted by Crippen LogP contribution is -2.28. The van der Waals surface area contributed by atoms with E-state index in [2.05, 4.69) is 15.6 Å². The predicted octanol–water partition coefficient (Wildman–Crippen LogP) is 3.09. The van der Waals surface area contributed by atoms with Crippen LogP contribution >= 0.6 is 11.6 Å². The summed E-state index contributed by atoms with van der Waals surface area (Å²) < 4.78 is 0. The SMILES string of the molecule is CCNc1ccc(Cl)c(C(=O)NCCC2CCC2)n1. The minimum absolute atomic E-state index is 0.191. The van der Waals surface area contributed by atoms with Crippen molar-refractivity contribution in [2.24, 2.45) is 5.92 Å². The van der Waals surface area contributed by atoms with Crippen LogP contribution in [0.2, 0.25) is 5.02 Å². The van der Waals surface area contributed by atoms with Gasteiger partial charge in [0.25, 0.3) is 5.91 Å². The quantitative estimate of drug-likeness (QED) is 0.842. The number of carbonyl (C=O) groups excluding carboxylic acids is 1. The molecule has 1 amide bonds. The number of rotatable bonds is 6. The van der Waals surface area contributed by atoms with E-state index >= 15 is 0 Å². The smallest absolute Gasteiger partial charge is 0.271 e. The number of aromatic nitrogens is 1. The third-order valence-electron chi connectivity index (χ3n) is 3.48. The molecule has 0 spiro atoms. The highest BCUT2D eigenvalue weighted by molar-refractivity contribution is 6.33. The highest BCUT2D eigenvalue weighted by Gasteiger charge is 2.18. The van der Waals surface area contributed by atoms with Gasteiger partial charge in [-0.25, -0.2) is 4.98 Å². The standard InChI is InChI=1S/C14H20ClN3O/c1-2-16-12-7-6-11(15)13(18-12)14(19)17-9-8-10-4-3-5-10/h6-7,10H,2-5,8-9H2,1H3,(H,16,18)(H,17,19). The molecule has 19 heavy (non-hydrogen) atoms. The van der Waals surface area contributed by atoms with E-state index in [1.54, 1.807) is 12.1 Å². The summed E-state index contributed by atoms with van der Waals surface area (Å²) in [5.41, 5.74) is 0.300. The van der Waals surface area contributed by atoms with Crippen LogP contribution < -0.4 is 10.6 Å². The molecular formula is C14H20ClN3O. The summed E-state index contributed by atoms with van der Waals surface area (Å²) in [4.78, 5) is 16.3. The van der Waals surface area contributed by atoms with Gasteiger partial charge in [0.1, 0.15) is 11.5 Å². The first-order valence-electron chi connectivity index (χ1n) is 6.89. The number of anilines is 1. The van der Waals surface area contributed by atoms with Crippen molar-refractivity contribution in [3.8, 4) is 0 Å². The van der Waals surface area contributed by atoms with Gasteiger partial charge in [0, 0.05) is 13.1 Å². The number of halogens is 1. The maximum Gasteiger partial charge on any atom is 0.271 e. The Hall–Kier alpha value is -1.29. The third kappa shape index (κ3) is 3.83. The molecule has 0 aliphatic heterocycles. The maximum absolute atomic E-state index is 12.0. The summed E-state index contributed by atoms with van der Waals surface area (Å²) >= 11 is 6.02. The normalized spacial score (nSPS) is 14.8. The molecule has 1 heterocycles. The van der Waals surface area contributed by atoms with E-state index in [1.807, 2.05) is 6.92 Å². The second-order valence-corrected chi connectivity index (χ2v) is 5.31. The number of nitrogens with zero attached hydrogens (tertiary/aromatic N) is 1. The van der Waals surface area contributed by atoms with Gasteiger partial charge in [-0.1, -0.05) is 30.9 Å². The Morgan fingerprint density at radius 3 is 2.89 bits per heavy atom. The van der Waals surface area contributed by atoms with Gasteiger partial charge in [0.2, 0.25) is 0 Å². The third-order valence-corrected chi connectivity index (χ3v) is 3.79. The van der Waals surface area contributed by atoms with E-state index in [0.717, 1.165) is 18.9 Å². The molecule has 0 unspecified atom stereocenters. The molecule has 0 aromatic carbocycles. The molecule has 1 aromatic rings. The van der Waals surface area contributed by atoms with Gasteiger partial charge < -0.3 is 10.6 Å². The highest BCUT2D eigenvalue weighted by atomic mass is 35.5. The average molecular weight is 282 g/mol. The molecule has 104 valence electrons. The number of nitrogens with one attached hydrogen (secondary N) is 2. The van der Waals surface area contributed by atoms with Crippen molar-refractivity contribution in [3.05, 3.63) is 22.8 Å². The number of pyridine rings is 1. The molecule has 2 rings (SSSR count). The van der Waals surface area contributed by atoms with E-state index in [1.165, 1.54) is 19.3 Å². The molecule has 1 fully saturated rings. The molecule has 1 aliphatic carbocycles. The molecule has 0 radical (unpaired) electrons. The fraction of sp³-hybridized carbons (Fsp3) is 0.571. The van der Waals surface area contributed by atoms with E-state index in [0.29, 0.717) is 23.1 Å². The molecule has 0 saturated heterocycles. The largest absolute Gasteiger partial charge is 0.370 e. The first-order valence-corrected chi connectivity index (χ1v) is 7.27. The van der Waals surface area contributed by atoms with Crippen molar-refractivity contribution in [1.82, 2.24) is 10.3 Å². The summed E-state index contributed by atoms with van der Waals surface area (Å²) in [6.07, 6.45) is 4.97. The fourth-order valence-electron chi connectivity index (χ4n) is 2.14. The fourth-order valence-corrected chi connectivity index (χ4v) is 2.33. The minimum atomic E-state index is -0.191. The number of amides is 1. The molecule has 0 bridgehead atoms. The summed E-state index contributed by atoms with van der Waals surface area (Å²) in [7, 11) is 0. The molecule has 4 nitrogen and oxygen atoms in total. The van der Waals surface area contributed by atoms with Crippen molar-refractivity contribution in [2.45, 2.75) is 32.6 Å². The van der Waals surface area contributed by atoms with E-state index in [4.69, 9.17) is 11.6 Å². The van der Waals surface area contributed by atoms with Gasteiger partial charge >= 0.3 is 0 Å². The van der Waals surface area contributed by atoms with Crippen molar-refractivity contribution < 1.29 is 4.79 Å². The second-order valence-electron chi connectivity index (χ2n) is 4.90. The summed E-state index contributed by atoms with van der Waals surface area (Å²) in [6.45, 7) is 3.44. The second kappa shape index (κ2) is 6.75. The zero-order chi connectivity index (χ0) is 13.7. The molecule has 1 saturated carbocycles. The molecule has 1 aliphatic rings. The first-order chi connectivity index (χ1) is 9.20. The van der Waals surface area contributed by atoms with Crippen LogP contribution in [0.4, 0.5) is 5.82 Å². The number of carbonyl (C=O) groups is 1. The summed E-state index contributed by atoms with van der Waals surface area (Å²) in [5, 5.41) is 6.36. The summed E-state index contributed by atoms with van der Waals surface area (Å²) in [6, 6.07) is 3.48. The lowest BCUT2D eigenvalue weighted by atomic mass is 9.83. The predicted molar refractivity (Wildman–Crippen MR) is 77.7 cm³/mol. The highest BCUT2D eigenvalue weighted by Crippen LogP contribution is 2.28. The first kappa shape index (κ1) is 14.1. The van der Waals surface area contributed by atoms with E-state index in [-0.39, 0.29) is 5.91 Å². The van der Waals surface area contributed by atoms with Gasteiger partial charge in [-0.15, -0.1) is 0 Å². The topological polar surface area (TPSA) is 54.0 Å². The number of hydrogen-bond donors (Lipinski definition) is 2. The Morgan fingerprint density at radius 1 is 1.47 bits per heavy atom. The number of hydrogen-bond acceptors (Lipinski definition) is 3. The molecule has 2 N–H and O–H groups in total. The molecule has 1 aromatic heterocycles. The van der Waals surface area contributed by atoms with Gasteiger partial charge in [-0.2, -0.15) is 0 Å².